The number of hydrogen-bond donors (Lipinski definition) is 3. The van der Waals surface area contributed by atoms with Gasteiger partial charge < -0.3 is 11.1 Å². The van der Waals surface area contributed by atoms with E-state index >= 15 is 0 Å². The van der Waals surface area contributed by atoms with Gasteiger partial charge >= 0.3 is 6.18 Å². The normalized spacial score (nSPS) is 18.5. The van der Waals surface area contributed by atoms with Crippen molar-refractivity contribution >= 4 is 17.5 Å². The van der Waals surface area contributed by atoms with Crippen molar-refractivity contribution in [3.63, 3.8) is 0 Å². The molecule has 0 aromatic rings. The van der Waals surface area contributed by atoms with Crippen molar-refractivity contribution in [2.75, 3.05) is 12.3 Å². The Balaban J connectivity index is 2.12. The Bertz CT molecular complexity index is 657. The van der Waals surface area contributed by atoms with E-state index in [0.29, 0.717) is 18.3 Å². The highest BCUT2D eigenvalue weighted by molar-refractivity contribution is 8.03. The summed E-state index contributed by atoms with van der Waals surface area (Å²) in [6.07, 6.45) is 6.87. The van der Waals surface area contributed by atoms with E-state index in [2.05, 4.69) is 12.2 Å². The molecule has 2 heterocycles. The molecule has 0 aromatic heterocycles. The summed E-state index contributed by atoms with van der Waals surface area (Å²) in [5.74, 6) is 1.05. The van der Waals surface area contributed by atoms with E-state index in [-0.39, 0.29) is 5.71 Å². The highest BCUT2D eigenvalue weighted by atomic mass is 32.2. The molecule has 0 aliphatic carbocycles. The van der Waals surface area contributed by atoms with E-state index in [1.54, 1.807) is 17.8 Å². The molecular weight excluding hydrogens is 359 g/mol. The van der Waals surface area contributed by atoms with Gasteiger partial charge in [0.1, 0.15) is 5.70 Å². The monoisotopic (exact) mass is 385 g/mol. The summed E-state index contributed by atoms with van der Waals surface area (Å²) in [6, 6.07) is 0. The van der Waals surface area contributed by atoms with Gasteiger partial charge in [-0.1, -0.05) is 37.8 Å². The van der Waals surface area contributed by atoms with Gasteiger partial charge in [0.25, 0.3) is 0 Å². The molecule has 26 heavy (non-hydrogen) atoms. The zero-order valence-corrected chi connectivity index (χ0v) is 15.8. The topological polar surface area (TPSA) is 61.9 Å². The van der Waals surface area contributed by atoms with Crippen molar-refractivity contribution in [2.24, 2.45) is 5.73 Å². The number of allylic oxidation sites excluding steroid dienone is 5. The fraction of sp³-hybridized carbons (Fsp3) is 0.526. The fourth-order valence-electron chi connectivity index (χ4n) is 2.97. The van der Waals surface area contributed by atoms with Gasteiger partial charge in [0.05, 0.1) is 11.4 Å². The van der Waals surface area contributed by atoms with Crippen LogP contribution in [-0.4, -0.2) is 24.2 Å². The first-order chi connectivity index (χ1) is 12.3. The zero-order valence-electron chi connectivity index (χ0n) is 15.0. The fourth-order valence-corrected chi connectivity index (χ4v) is 4.24. The van der Waals surface area contributed by atoms with Crippen molar-refractivity contribution in [2.45, 2.75) is 51.6 Å². The minimum atomic E-state index is -4.62. The first-order valence-corrected chi connectivity index (χ1v) is 9.95. The van der Waals surface area contributed by atoms with Crippen molar-refractivity contribution in [3.8, 4) is 0 Å². The first kappa shape index (κ1) is 20.7. The minimum Gasteiger partial charge on any atom is -0.395 e. The molecule has 0 amide bonds. The van der Waals surface area contributed by atoms with Crippen LogP contribution in [0.5, 0.6) is 0 Å². The van der Waals surface area contributed by atoms with Crippen LogP contribution < -0.4 is 11.1 Å². The third-order valence-electron chi connectivity index (χ3n) is 4.40. The number of rotatable bonds is 8. The van der Waals surface area contributed by atoms with Crippen LogP contribution in [0, 0.1) is 5.41 Å². The van der Waals surface area contributed by atoms with Gasteiger partial charge in [0.15, 0.2) is 0 Å². The minimum absolute atomic E-state index is 0.251. The molecule has 0 unspecified atom stereocenters. The Hall–Kier alpha value is -1.63. The van der Waals surface area contributed by atoms with Crippen LogP contribution in [0.1, 0.15) is 45.4 Å². The van der Waals surface area contributed by atoms with Gasteiger partial charge in [-0.05, 0) is 37.0 Å². The van der Waals surface area contributed by atoms with Crippen LogP contribution in [0.2, 0.25) is 0 Å². The summed E-state index contributed by atoms with van der Waals surface area (Å²) in [5.41, 5.74) is 6.34. The SMILES string of the molecule is CCCCCCC1=C(C2=CCNC(C(=N)C=C(N)C(F)(F)F)=C2)SCC1. The van der Waals surface area contributed by atoms with Crippen LogP contribution >= 0.6 is 11.8 Å². The van der Waals surface area contributed by atoms with Crippen LogP contribution in [0.15, 0.2) is 45.7 Å². The molecule has 0 aromatic carbocycles. The number of thioether (sulfide) groups is 1. The highest BCUT2D eigenvalue weighted by Gasteiger charge is 2.32. The quantitative estimate of drug-likeness (QED) is 0.398. The van der Waals surface area contributed by atoms with E-state index in [4.69, 9.17) is 11.1 Å². The van der Waals surface area contributed by atoms with Gasteiger partial charge in [-0.3, -0.25) is 5.41 Å². The van der Waals surface area contributed by atoms with E-state index in [9.17, 15) is 13.2 Å². The smallest absolute Gasteiger partial charge is 0.395 e. The summed E-state index contributed by atoms with van der Waals surface area (Å²) in [5, 5.41) is 10.9. The summed E-state index contributed by atoms with van der Waals surface area (Å²) < 4.78 is 37.7. The summed E-state index contributed by atoms with van der Waals surface area (Å²) in [6.45, 7) is 2.69. The molecule has 0 spiro atoms. The maximum absolute atomic E-state index is 12.6. The Kier molecular flexibility index (Phi) is 7.43. The molecule has 4 N–H and O–H groups in total. The maximum atomic E-state index is 12.6. The van der Waals surface area contributed by atoms with Crippen LogP contribution in [0.4, 0.5) is 13.2 Å². The van der Waals surface area contributed by atoms with Crippen molar-refractivity contribution in [1.82, 2.24) is 5.32 Å². The van der Waals surface area contributed by atoms with Crippen molar-refractivity contribution in [1.29, 1.82) is 5.41 Å². The largest absolute Gasteiger partial charge is 0.430 e. The Morgan fingerprint density at radius 2 is 2.12 bits per heavy atom. The molecule has 0 atom stereocenters. The number of nitrogens with two attached hydrogens (primary N) is 1. The predicted molar refractivity (Wildman–Crippen MR) is 103 cm³/mol. The first-order valence-electron chi connectivity index (χ1n) is 8.97. The number of hydrogen-bond acceptors (Lipinski definition) is 4. The molecule has 0 fully saturated rings. The summed E-state index contributed by atoms with van der Waals surface area (Å²) >= 11 is 1.80. The van der Waals surface area contributed by atoms with Crippen molar-refractivity contribution < 1.29 is 13.2 Å². The number of unbranched alkanes of at least 4 members (excludes halogenated alkanes) is 3. The lowest BCUT2D eigenvalue weighted by Crippen LogP contribution is -2.25. The summed E-state index contributed by atoms with van der Waals surface area (Å²) in [7, 11) is 0. The van der Waals surface area contributed by atoms with Gasteiger partial charge in [-0.15, -0.1) is 11.8 Å². The highest BCUT2D eigenvalue weighted by Crippen LogP contribution is 2.40. The number of nitrogens with one attached hydrogen (secondary N) is 2. The molecule has 0 radical (unpaired) electrons. The van der Waals surface area contributed by atoms with Crippen LogP contribution in [0.25, 0.3) is 0 Å². The maximum Gasteiger partial charge on any atom is 0.430 e. The number of alkyl halides is 3. The van der Waals surface area contributed by atoms with Crippen LogP contribution in [0.3, 0.4) is 0 Å². The lowest BCUT2D eigenvalue weighted by molar-refractivity contribution is -0.0925. The van der Waals surface area contributed by atoms with Crippen molar-refractivity contribution in [3.05, 3.63) is 45.7 Å². The molecule has 2 aliphatic rings. The second-order valence-corrected chi connectivity index (χ2v) is 7.56. The van der Waals surface area contributed by atoms with E-state index in [1.807, 2.05) is 6.08 Å². The lowest BCUT2D eigenvalue weighted by atomic mass is 9.99. The van der Waals surface area contributed by atoms with E-state index < -0.39 is 11.9 Å². The number of dihydropyridines is 1. The summed E-state index contributed by atoms with van der Waals surface area (Å²) in [4.78, 5) is 1.24. The second kappa shape index (κ2) is 9.35. The Morgan fingerprint density at radius 3 is 2.81 bits per heavy atom. The molecular formula is C19H26F3N3S. The van der Waals surface area contributed by atoms with Gasteiger partial charge in [0, 0.05) is 17.2 Å². The zero-order chi connectivity index (χ0) is 19.2. The molecule has 3 nitrogen and oxygen atoms in total. The third kappa shape index (κ3) is 5.69. The Morgan fingerprint density at radius 1 is 1.35 bits per heavy atom. The average Bonchev–Trinajstić information content (AvgIpc) is 3.06. The van der Waals surface area contributed by atoms with Gasteiger partial charge in [0.2, 0.25) is 0 Å². The molecule has 0 bridgehead atoms. The molecule has 0 saturated heterocycles. The predicted octanol–water partition coefficient (Wildman–Crippen LogP) is 5.19. The second-order valence-electron chi connectivity index (χ2n) is 6.45. The Labute approximate surface area is 157 Å². The molecule has 0 saturated carbocycles. The molecule has 2 aliphatic heterocycles. The van der Waals surface area contributed by atoms with Gasteiger partial charge in [-0.2, -0.15) is 13.2 Å². The van der Waals surface area contributed by atoms with Crippen LogP contribution in [-0.2, 0) is 0 Å². The number of halogens is 3. The molecule has 7 heteroatoms. The molecule has 2 rings (SSSR count). The third-order valence-corrected chi connectivity index (χ3v) is 5.62. The lowest BCUT2D eigenvalue weighted by Gasteiger charge is -2.18. The average molecular weight is 385 g/mol. The van der Waals surface area contributed by atoms with E-state index in [0.717, 1.165) is 24.2 Å². The van der Waals surface area contributed by atoms with E-state index in [1.165, 1.54) is 36.2 Å². The molecule has 144 valence electrons. The van der Waals surface area contributed by atoms with Gasteiger partial charge in [-0.25, -0.2) is 0 Å². The standard InChI is InChI=1S/C19H26F3N3S/c1-2-3-4-5-6-13-8-10-26-18(13)14-7-9-25-16(11-14)15(23)12-17(24)19(20,21)22/h7,11-12,23,25H,2-6,8-10,24H2,1H3.